The first-order valence-corrected chi connectivity index (χ1v) is 6.84. The third-order valence-electron chi connectivity index (χ3n) is 1.87. The van der Waals surface area contributed by atoms with E-state index in [1.807, 2.05) is 22.9 Å². The lowest BCUT2D eigenvalue weighted by Gasteiger charge is -2.07. The van der Waals surface area contributed by atoms with Gasteiger partial charge in [-0.3, -0.25) is 0 Å². The summed E-state index contributed by atoms with van der Waals surface area (Å²) >= 11 is 12.5. The predicted molar refractivity (Wildman–Crippen MR) is 67.4 cm³/mol. The van der Waals surface area contributed by atoms with Crippen molar-refractivity contribution >= 4 is 50.2 Å². The monoisotopic (exact) mass is 307 g/mol. The lowest BCUT2D eigenvalue weighted by molar-refractivity contribution is 0.895. The first-order valence-electron chi connectivity index (χ1n) is 3.91. The maximum absolute atomic E-state index is 6.10. The Balaban J connectivity index is 2.33. The zero-order valence-corrected chi connectivity index (χ0v) is 11.0. The molecule has 1 atom stereocenters. The zero-order valence-electron chi connectivity index (χ0n) is 7.04. The molecule has 5 heteroatoms. The van der Waals surface area contributed by atoms with Gasteiger partial charge in [-0.1, -0.05) is 11.6 Å². The highest BCUT2D eigenvalue weighted by molar-refractivity contribution is 9.10. The van der Waals surface area contributed by atoms with Gasteiger partial charge in [-0.15, -0.1) is 22.7 Å². The average Bonchev–Trinajstić information content (AvgIpc) is 2.73. The molecule has 14 heavy (non-hydrogen) atoms. The van der Waals surface area contributed by atoms with Crippen molar-refractivity contribution in [3.05, 3.63) is 42.1 Å². The summed E-state index contributed by atoms with van der Waals surface area (Å²) in [4.78, 5) is 1.14. The van der Waals surface area contributed by atoms with E-state index in [1.165, 1.54) is 11.3 Å². The Kier molecular flexibility index (Phi) is 3.29. The van der Waals surface area contributed by atoms with Crippen LogP contribution in [0.3, 0.4) is 0 Å². The molecular weight excluding hydrogens is 302 g/mol. The van der Waals surface area contributed by atoms with E-state index in [1.54, 1.807) is 11.3 Å². The molecule has 0 saturated heterocycles. The van der Waals surface area contributed by atoms with E-state index in [9.17, 15) is 0 Å². The molecule has 2 heterocycles. The first kappa shape index (κ1) is 10.6. The van der Waals surface area contributed by atoms with E-state index in [2.05, 4.69) is 15.9 Å². The van der Waals surface area contributed by atoms with E-state index < -0.39 is 0 Å². The van der Waals surface area contributed by atoms with Crippen LogP contribution in [0.4, 0.5) is 0 Å². The van der Waals surface area contributed by atoms with Gasteiger partial charge in [0.15, 0.2) is 0 Å². The zero-order chi connectivity index (χ0) is 10.1. The largest absolute Gasteiger partial charge is 0.320 e. The van der Waals surface area contributed by atoms with Crippen LogP contribution in [-0.2, 0) is 0 Å². The highest BCUT2D eigenvalue weighted by Crippen LogP contribution is 2.34. The molecule has 2 aromatic heterocycles. The van der Waals surface area contributed by atoms with E-state index in [0.29, 0.717) is 0 Å². The number of hydrogen-bond acceptors (Lipinski definition) is 3. The highest BCUT2D eigenvalue weighted by atomic mass is 79.9. The Morgan fingerprint density at radius 1 is 1.43 bits per heavy atom. The molecule has 0 radical (unpaired) electrons. The molecular formula is C9H7BrClNS2. The molecule has 2 N–H and O–H groups in total. The fourth-order valence-corrected chi connectivity index (χ4v) is 3.74. The van der Waals surface area contributed by atoms with Gasteiger partial charge in [0, 0.05) is 9.35 Å². The van der Waals surface area contributed by atoms with Crippen LogP contribution in [0, 0.1) is 0 Å². The van der Waals surface area contributed by atoms with Crippen molar-refractivity contribution in [1.82, 2.24) is 0 Å². The van der Waals surface area contributed by atoms with E-state index in [-0.39, 0.29) is 6.04 Å². The molecule has 1 unspecified atom stereocenters. The summed E-state index contributed by atoms with van der Waals surface area (Å²) in [6.45, 7) is 0. The van der Waals surface area contributed by atoms with Gasteiger partial charge >= 0.3 is 0 Å². The Labute approximate surface area is 104 Å². The summed E-state index contributed by atoms with van der Waals surface area (Å²) in [5, 5.41) is 4.02. The van der Waals surface area contributed by atoms with Crippen LogP contribution in [-0.4, -0.2) is 0 Å². The van der Waals surface area contributed by atoms with Crippen molar-refractivity contribution in [2.24, 2.45) is 5.73 Å². The molecule has 0 aliphatic rings. The van der Waals surface area contributed by atoms with Gasteiger partial charge in [-0.25, -0.2) is 0 Å². The third kappa shape index (κ3) is 2.04. The Morgan fingerprint density at radius 2 is 2.21 bits per heavy atom. The molecule has 0 spiro atoms. The topological polar surface area (TPSA) is 26.0 Å². The van der Waals surface area contributed by atoms with Crippen molar-refractivity contribution in [1.29, 1.82) is 0 Å². The minimum absolute atomic E-state index is 0.0758. The van der Waals surface area contributed by atoms with Crippen molar-refractivity contribution < 1.29 is 0 Å². The lowest BCUT2D eigenvalue weighted by Crippen LogP contribution is -2.09. The molecule has 0 amide bonds. The smallest absolute Gasteiger partial charge is 0.0931 e. The van der Waals surface area contributed by atoms with Crippen molar-refractivity contribution in [2.75, 3.05) is 0 Å². The standard InChI is InChI=1S/C9H7BrClNS2/c10-6-1-2-13-9(6)8(12)5-3-7(11)14-4-5/h1-4,8H,12H2. The molecule has 0 aliphatic heterocycles. The van der Waals surface area contributed by atoms with Gasteiger partial charge in [0.25, 0.3) is 0 Å². The summed E-state index contributed by atoms with van der Waals surface area (Å²) in [5.41, 5.74) is 7.18. The van der Waals surface area contributed by atoms with Gasteiger partial charge < -0.3 is 5.73 Å². The lowest BCUT2D eigenvalue weighted by atomic mass is 10.1. The third-order valence-corrected chi connectivity index (χ3v) is 4.94. The van der Waals surface area contributed by atoms with Crippen molar-refractivity contribution in [3.8, 4) is 0 Å². The number of halogens is 2. The second-order valence-electron chi connectivity index (χ2n) is 2.79. The van der Waals surface area contributed by atoms with Crippen LogP contribution < -0.4 is 5.73 Å². The molecule has 0 fully saturated rings. The Morgan fingerprint density at radius 3 is 2.71 bits per heavy atom. The minimum Gasteiger partial charge on any atom is -0.320 e. The Bertz CT molecular complexity index is 437. The van der Waals surface area contributed by atoms with Gasteiger partial charge in [0.05, 0.1) is 10.4 Å². The molecule has 1 nitrogen and oxygen atoms in total. The first-order chi connectivity index (χ1) is 6.68. The van der Waals surface area contributed by atoms with E-state index in [0.717, 1.165) is 19.2 Å². The maximum atomic E-state index is 6.10. The molecule has 2 aromatic rings. The molecule has 0 saturated carbocycles. The molecule has 2 rings (SSSR count). The van der Waals surface area contributed by atoms with Gasteiger partial charge in [-0.2, -0.15) is 0 Å². The fraction of sp³-hybridized carbons (Fsp3) is 0.111. The summed E-state index contributed by atoms with van der Waals surface area (Å²) in [5.74, 6) is 0. The van der Waals surface area contributed by atoms with Crippen molar-refractivity contribution in [3.63, 3.8) is 0 Å². The molecule has 74 valence electrons. The average molecular weight is 309 g/mol. The van der Waals surface area contributed by atoms with Crippen LogP contribution >= 0.6 is 50.2 Å². The summed E-state index contributed by atoms with van der Waals surface area (Å²) in [6.07, 6.45) is 0. The highest BCUT2D eigenvalue weighted by Gasteiger charge is 2.14. The Hall–Kier alpha value is 0.130. The summed E-state index contributed by atoms with van der Waals surface area (Å²) < 4.78 is 1.85. The van der Waals surface area contributed by atoms with Crippen LogP contribution in [0.5, 0.6) is 0 Å². The van der Waals surface area contributed by atoms with Crippen molar-refractivity contribution in [2.45, 2.75) is 6.04 Å². The van der Waals surface area contributed by atoms with Crippen LogP contribution in [0.25, 0.3) is 0 Å². The number of rotatable bonds is 2. The number of hydrogen-bond donors (Lipinski definition) is 1. The molecule has 0 aliphatic carbocycles. The summed E-state index contributed by atoms with van der Waals surface area (Å²) in [7, 11) is 0. The second kappa shape index (κ2) is 4.33. The van der Waals surface area contributed by atoms with E-state index in [4.69, 9.17) is 17.3 Å². The molecule has 0 aromatic carbocycles. The second-order valence-corrected chi connectivity index (χ2v) is 6.14. The summed E-state index contributed by atoms with van der Waals surface area (Å²) in [6, 6.07) is 3.85. The predicted octanol–water partition coefficient (Wildman–Crippen LogP) is 4.27. The number of nitrogens with two attached hydrogens (primary N) is 1. The van der Waals surface area contributed by atoms with Gasteiger partial charge in [-0.05, 0) is 44.4 Å². The fourth-order valence-electron chi connectivity index (χ4n) is 1.17. The van der Waals surface area contributed by atoms with E-state index >= 15 is 0 Å². The van der Waals surface area contributed by atoms with Crippen LogP contribution in [0.1, 0.15) is 16.5 Å². The quantitative estimate of drug-likeness (QED) is 0.880. The SMILES string of the molecule is NC(c1csc(Cl)c1)c1sccc1Br. The van der Waals surface area contributed by atoms with Gasteiger partial charge in [0.2, 0.25) is 0 Å². The maximum Gasteiger partial charge on any atom is 0.0931 e. The normalized spacial score (nSPS) is 13.1. The minimum atomic E-state index is -0.0758. The number of thiophene rings is 2. The van der Waals surface area contributed by atoms with Gasteiger partial charge in [0.1, 0.15) is 0 Å². The van der Waals surface area contributed by atoms with Crippen LogP contribution in [0.2, 0.25) is 4.34 Å². The van der Waals surface area contributed by atoms with Crippen LogP contribution in [0.15, 0.2) is 27.4 Å². The molecule has 0 bridgehead atoms.